The maximum atomic E-state index is 12.7. The zero-order valence-corrected chi connectivity index (χ0v) is 15.8. The van der Waals surface area contributed by atoms with Crippen LogP contribution < -0.4 is 5.32 Å². The highest BCUT2D eigenvalue weighted by atomic mass is 35.5. The molecule has 2 aromatic rings. The average molecular weight is 379 g/mol. The van der Waals surface area contributed by atoms with Crippen molar-refractivity contribution in [2.24, 2.45) is 0 Å². The number of piperazine rings is 1. The number of para-hydroxylation sites is 1. The fraction of sp³-hybridized carbons (Fsp3) is 0.526. The molecule has 1 aromatic heterocycles. The normalized spacial score (nSPS) is 21.5. The van der Waals surface area contributed by atoms with E-state index < -0.39 is 0 Å². The third-order valence-corrected chi connectivity index (χ3v) is 5.25. The van der Waals surface area contributed by atoms with Crippen molar-refractivity contribution in [3.8, 4) is 0 Å². The van der Waals surface area contributed by atoms with E-state index in [1.165, 1.54) is 16.5 Å². The monoisotopic (exact) mass is 378 g/mol. The molecule has 1 unspecified atom stereocenters. The fourth-order valence-electron chi connectivity index (χ4n) is 3.80. The molecule has 4 rings (SSSR count). The molecule has 2 aliphatic heterocycles. The standard InChI is InChI=1S/C19H26N4O2.ClH/c24-19(23-9-11-25-12-10-23)18-14-22(8-6-20-18)7-5-15-13-21-17-4-2-1-3-16(15)17;/h1-4,13,18,20-21H,5-12,14H2;1H. The number of H-pyrrole nitrogens is 1. The number of amides is 1. The van der Waals surface area contributed by atoms with E-state index in [9.17, 15) is 4.79 Å². The van der Waals surface area contributed by atoms with E-state index in [4.69, 9.17) is 4.74 Å². The summed E-state index contributed by atoms with van der Waals surface area (Å²) in [6.45, 7) is 6.38. The van der Waals surface area contributed by atoms with E-state index in [2.05, 4.69) is 45.7 Å². The van der Waals surface area contributed by atoms with Crippen molar-refractivity contribution in [1.82, 2.24) is 20.1 Å². The molecule has 1 aromatic carbocycles. The van der Waals surface area contributed by atoms with Crippen LogP contribution in [0, 0.1) is 0 Å². The lowest BCUT2D eigenvalue weighted by Gasteiger charge is -2.36. The van der Waals surface area contributed by atoms with E-state index in [1.54, 1.807) is 0 Å². The van der Waals surface area contributed by atoms with Gasteiger partial charge in [0.1, 0.15) is 0 Å². The second-order valence-corrected chi connectivity index (χ2v) is 6.85. The third-order valence-electron chi connectivity index (χ3n) is 5.25. The van der Waals surface area contributed by atoms with Crippen molar-refractivity contribution in [3.05, 3.63) is 36.0 Å². The lowest BCUT2D eigenvalue weighted by molar-refractivity contribution is -0.138. The molecule has 3 heterocycles. The van der Waals surface area contributed by atoms with Crippen molar-refractivity contribution >= 4 is 29.2 Å². The van der Waals surface area contributed by atoms with Crippen molar-refractivity contribution in [2.45, 2.75) is 12.5 Å². The summed E-state index contributed by atoms with van der Waals surface area (Å²) in [7, 11) is 0. The molecular formula is C19H27ClN4O2. The molecule has 0 aliphatic carbocycles. The Kier molecular flexibility index (Phi) is 6.53. The Morgan fingerprint density at radius 2 is 2.00 bits per heavy atom. The van der Waals surface area contributed by atoms with E-state index in [1.807, 2.05) is 4.90 Å². The van der Waals surface area contributed by atoms with Gasteiger partial charge in [0.15, 0.2) is 0 Å². The number of ether oxygens (including phenoxy) is 1. The molecule has 2 fully saturated rings. The second-order valence-electron chi connectivity index (χ2n) is 6.85. The number of carbonyl (C=O) groups excluding carboxylic acids is 1. The minimum Gasteiger partial charge on any atom is -0.378 e. The highest BCUT2D eigenvalue weighted by Gasteiger charge is 2.29. The lowest BCUT2D eigenvalue weighted by atomic mass is 10.1. The molecule has 6 nitrogen and oxygen atoms in total. The van der Waals surface area contributed by atoms with Gasteiger partial charge in [0.05, 0.1) is 19.3 Å². The van der Waals surface area contributed by atoms with Gasteiger partial charge < -0.3 is 19.9 Å². The highest BCUT2D eigenvalue weighted by Crippen LogP contribution is 2.18. The van der Waals surface area contributed by atoms with Crippen LogP contribution >= 0.6 is 12.4 Å². The summed E-state index contributed by atoms with van der Waals surface area (Å²) in [6.07, 6.45) is 3.12. The summed E-state index contributed by atoms with van der Waals surface area (Å²) in [5.41, 5.74) is 2.54. The minimum absolute atomic E-state index is 0. The molecule has 1 atom stereocenters. The Bertz CT molecular complexity index is 729. The van der Waals surface area contributed by atoms with Crippen LogP contribution in [0.5, 0.6) is 0 Å². The van der Waals surface area contributed by atoms with Crippen LogP contribution in [0.2, 0.25) is 0 Å². The predicted molar refractivity (Wildman–Crippen MR) is 105 cm³/mol. The highest BCUT2D eigenvalue weighted by molar-refractivity contribution is 5.85. The van der Waals surface area contributed by atoms with E-state index >= 15 is 0 Å². The molecule has 2 saturated heterocycles. The van der Waals surface area contributed by atoms with Crippen LogP contribution in [-0.2, 0) is 16.0 Å². The van der Waals surface area contributed by atoms with Crippen molar-refractivity contribution in [2.75, 3.05) is 52.5 Å². The number of hydrogen-bond acceptors (Lipinski definition) is 4. The second kappa shape index (κ2) is 8.86. The first-order valence-electron chi connectivity index (χ1n) is 9.18. The Morgan fingerprint density at radius 1 is 1.19 bits per heavy atom. The first-order chi connectivity index (χ1) is 12.3. The van der Waals surface area contributed by atoms with Crippen LogP contribution in [0.3, 0.4) is 0 Å². The third kappa shape index (κ3) is 4.20. The molecule has 1 amide bonds. The van der Waals surface area contributed by atoms with Gasteiger partial charge in [-0.3, -0.25) is 9.69 Å². The maximum absolute atomic E-state index is 12.7. The van der Waals surface area contributed by atoms with Gasteiger partial charge in [0.25, 0.3) is 0 Å². The number of nitrogens with one attached hydrogen (secondary N) is 2. The van der Waals surface area contributed by atoms with Gasteiger partial charge in [-0.05, 0) is 18.1 Å². The van der Waals surface area contributed by atoms with Crippen LogP contribution in [0.15, 0.2) is 30.5 Å². The van der Waals surface area contributed by atoms with Gasteiger partial charge in [0, 0.05) is 56.4 Å². The van der Waals surface area contributed by atoms with E-state index in [-0.39, 0.29) is 24.4 Å². The van der Waals surface area contributed by atoms with Gasteiger partial charge in [-0.1, -0.05) is 18.2 Å². The number of halogens is 1. The maximum Gasteiger partial charge on any atom is 0.241 e. The van der Waals surface area contributed by atoms with Gasteiger partial charge in [-0.15, -0.1) is 12.4 Å². The van der Waals surface area contributed by atoms with Gasteiger partial charge in [-0.25, -0.2) is 0 Å². The molecule has 7 heteroatoms. The lowest BCUT2D eigenvalue weighted by Crippen LogP contribution is -2.59. The number of aromatic nitrogens is 1. The number of benzene rings is 1. The smallest absolute Gasteiger partial charge is 0.241 e. The molecule has 0 radical (unpaired) electrons. The van der Waals surface area contributed by atoms with Crippen molar-refractivity contribution in [1.29, 1.82) is 0 Å². The molecule has 2 N–H and O–H groups in total. The molecular weight excluding hydrogens is 352 g/mol. The Labute approximate surface area is 160 Å². The van der Waals surface area contributed by atoms with Crippen LogP contribution in [-0.4, -0.2) is 79.2 Å². The molecule has 2 aliphatic rings. The first kappa shape index (κ1) is 19.2. The number of aromatic amines is 1. The van der Waals surface area contributed by atoms with Gasteiger partial charge in [-0.2, -0.15) is 0 Å². The molecule has 26 heavy (non-hydrogen) atoms. The zero-order chi connectivity index (χ0) is 17.1. The Balaban J connectivity index is 0.00000196. The summed E-state index contributed by atoms with van der Waals surface area (Å²) in [4.78, 5) is 20.4. The predicted octanol–water partition coefficient (Wildman–Crippen LogP) is 1.26. The minimum atomic E-state index is -0.0881. The molecule has 0 spiro atoms. The molecule has 0 saturated carbocycles. The summed E-state index contributed by atoms with van der Waals surface area (Å²) >= 11 is 0. The van der Waals surface area contributed by atoms with Gasteiger partial charge in [0.2, 0.25) is 5.91 Å². The average Bonchev–Trinajstić information content (AvgIpc) is 3.10. The van der Waals surface area contributed by atoms with E-state index in [0.29, 0.717) is 26.3 Å². The SMILES string of the molecule is Cl.O=C(C1CN(CCc2c[nH]c3ccccc23)CCN1)N1CCOCC1. The topological polar surface area (TPSA) is 60.6 Å². The molecule has 0 bridgehead atoms. The number of hydrogen-bond donors (Lipinski definition) is 2. The quantitative estimate of drug-likeness (QED) is 0.841. The number of fused-ring (bicyclic) bond motifs is 1. The fourth-order valence-corrected chi connectivity index (χ4v) is 3.80. The summed E-state index contributed by atoms with van der Waals surface area (Å²) < 4.78 is 5.35. The van der Waals surface area contributed by atoms with Gasteiger partial charge >= 0.3 is 0 Å². The number of rotatable bonds is 4. The number of nitrogens with zero attached hydrogens (tertiary/aromatic N) is 2. The zero-order valence-electron chi connectivity index (χ0n) is 14.9. The van der Waals surface area contributed by atoms with Crippen LogP contribution in [0.4, 0.5) is 0 Å². The number of morpholine rings is 1. The summed E-state index contributed by atoms with van der Waals surface area (Å²) in [6, 6.07) is 8.34. The van der Waals surface area contributed by atoms with Crippen molar-refractivity contribution < 1.29 is 9.53 Å². The van der Waals surface area contributed by atoms with Crippen LogP contribution in [0.25, 0.3) is 10.9 Å². The van der Waals surface area contributed by atoms with E-state index in [0.717, 1.165) is 32.6 Å². The Morgan fingerprint density at radius 3 is 2.85 bits per heavy atom. The summed E-state index contributed by atoms with van der Waals surface area (Å²) in [5, 5.41) is 4.69. The number of carbonyl (C=O) groups is 1. The first-order valence-corrected chi connectivity index (χ1v) is 9.18. The molecule has 142 valence electrons. The summed E-state index contributed by atoms with van der Waals surface area (Å²) in [5.74, 6) is 0.222. The van der Waals surface area contributed by atoms with Crippen LogP contribution in [0.1, 0.15) is 5.56 Å². The van der Waals surface area contributed by atoms with Crippen molar-refractivity contribution in [3.63, 3.8) is 0 Å². The Hall–Kier alpha value is -1.60. The largest absolute Gasteiger partial charge is 0.378 e.